The lowest BCUT2D eigenvalue weighted by Crippen LogP contribution is -2.38. The molecule has 1 aliphatic rings. The molecule has 37 heavy (non-hydrogen) atoms. The minimum atomic E-state index is -1.07. The van der Waals surface area contributed by atoms with Crippen molar-refractivity contribution in [1.29, 1.82) is 0 Å². The van der Waals surface area contributed by atoms with Crippen molar-refractivity contribution in [3.8, 4) is 11.5 Å². The third kappa shape index (κ3) is 6.83. The van der Waals surface area contributed by atoms with E-state index >= 15 is 0 Å². The Morgan fingerprint density at radius 3 is 2.43 bits per heavy atom. The summed E-state index contributed by atoms with van der Waals surface area (Å²) in [6, 6.07) is 20.8. The zero-order chi connectivity index (χ0) is 26.6. The number of carboxylic acids is 1. The molecule has 3 aromatic rings. The van der Waals surface area contributed by atoms with E-state index in [1.54, 1.807) is 12.1 Å². The molecule has 1 N–H and O–H groups in total. The summed E-state index contributed by atoms with van der Waals surface area (Å²) in [5, 5.41) is 10.1. The second-order valence-electron chi connectivity index (χ2n) is 10.0. The number of carbonyl (C=O) groups is 2. The largest absolute Gasteiger partial charge is 0.492 e. The van der Waals surface area contributed by atoms with Gasteiger partial charge in [0.1, 0.15) is 30.3 Å². The molecule has 0 fully saturated rings. The van der Waals surface area contributed by atoms with E-state index in [9.17, 15) is 14.7 Å². The number of amides is 1. The molecule has 0 spiro atoms. The highest BCUT2D eigenvalue weighted by atomic mass is 35.5. The molecule has 1 atom stereocenters. The lowest BCUT2D eigenvalue weighted by atomic mass is 9.91. The minimum Gasteiger partial charge on any atom is -0.492 e. The second-order valence-corrected chi connectivity index (χ2v) is 10.5. The van der Waals surface area contributed by atoms with Crippen LogP contribution in [0.2, 0.25) is 5.02 Å². The first-order valence-corrected chi connectivity index (χ1v) is 12.8. The predicted octanol–water partition coefficient (Wildman–Crippen LogP) is 6.01. The summed E-state index contributed by atoms with van der Waals surface area (Å²) in [7, 11) is 0. The molecule has 3 aromatic carbocycles. The number of fused-ring (bicyclic) bond motifs is 1. The van der Waals surface area contributed by atoms with Crippen LogP contribution in [0.5, 0.6) is 11.5 Å². The molecule has 0 bridgehead atoms. The van der Waals surface area contributed by atoms with Gasteiger partial charge >= 0.3 is 5.97 Å². The van der Waals surface area contributed by atoms with Gasteiger partial charge in [0, 0.05) is 23.4 Å². The summed E-state index contributed by atoms with van der Waals surface area (Å²) in [5.41, 5.74) is 3.24. The van der Waals surface area contributed by atoms with Crippen LogP contribution in [0.3, 0.4) is 0 Å². The maximum absolute atomic E-state index is 13.3. The van der Waals surface area contributed by atoms with Gasteiger partial charge in [-0.2, -0.15) is 0 Å². The molecule has 7 heteroatoms. The number of carbonyl (C=O) groups excluding carboxylic acids is 1. The standard InChI is InChI=1S/C30H32ClNO5/c1-20(2)22-6-11-26(12-7-22)36-15-14-32(19-28(33)34)29(35)23-8-13-27-24(16-23)18-30(3,37-27)17-21-4-9-25(31)10-5-21/h4-13,16,20H,14-15,17-19H2,1-3H3,(H,33,34). The molecule has 194 valence electrons. The Balaban J connectivity index is 1.41. The first kappa shape index (κ1) is 26.6. The topological polar surface area (TPSA) is 76.1 Å². The van der Waals surface area contributed by atoms with Gasteiger partial charge in [-0.25, -0.2) is 0 Å². The summed E-state index contributed by atoms with van der Waals surface area (Å²) in [6.07, 6.45) is 1.34. The lowest BCUT2D eigenvalue weighted by molar-refractivity contribution is -0.137. The Hall–Kier alpha value is -3.51. The Bertz CT molecular complexity index is 1260. The van der Waals surface area contributed by atoms with Gasteiger partial charge in [0.05, 0.1) is 6.54 Å². The van der Waals surface area contributed by atoms with Gasteiger partial charge in [0.15, 0.2) is 0 Å². The zero-order valence-electron chi connectivity index (χ0n) is 21.4. The highest BCUT2D eigenvalue weighted by Gasteiger charge is 2.35. The number of ether oxygens (including phenoxy) is 2. The van der Waals surface area contributed by atoms with Crippen LogP contribution in [0.15, 0.2) is 66.7 Å². The highest BCUT2D eigenvalue weighted by Crippen LogP contribution is 2.37. The van der Waals surface area contributed by atoms with Crippen molar-refractivity contribution >= 4 is 23.5 Å². The maximum atomic E-state index is 13.3. The smallest absolute Gasteiger partial charge is 0.323 e. The molecular formula is C30H32ClNO5. The van der Waals surface area contributed by atoms with Crippen LogP contribution in [-0.4, -0.2) is 47.2 Å². The van der Waals surface area contributed by atoms with Crippen molar-refractivity contribution < 1.29 is 24.2 Å². The SMILES string of the molecule is CC(C)c1ccc(OCCN(CC(=O)O)C(=O)c2ccc3c(c2)CC(C)(Cc2ccc(Cl)cc2)O3)cc1. The third-order valence-electron chi connectivity index (χ3n) is 6.51. The van der Waals surface area contributed by atoms with E-state index in [-0.39, 0.29) is 19.1 Å². The molecule has 0 radical (unpaired) electrons. The van der Waals surface area contributed by atoms with Crippen LogP contribution in [-0.2, 0) is 17.6 Å². The summed E-state index contributed by atoms with van der Waals surface area (Å²) in [6.45, 7) is 6.22. The van der Waals surface area contributed by atoms with Gasteiger partial charge in [0.25, 0.3) is 5.91 Å². The molecular weight excluding hydrogens is 490 g/mol. The number of hydrogen-bond donors (Lipinski definition) is 1. The van der Waals surface area contributed by atoms with Crippen LogP contribution in [0, 0.1) is 0 Å². The van der Waals surface area contributed by atoms with E-state index in [0.717, 1.165) is 16.9 Å². The van der Waals surface area contributed by atoms with E-state index in [4.69, 9.17) is 21.1 Å². The van der Waals surface area contributed by atoms with Crippen LogP contribution in [0.1, 0.15) is 53.7 Å². The Labute approximate surface area is 222 Å². The van der Waals surface area contributed by atoms with E-state index < -0.39 is 18.1 Å². The van der Waals surface area contributed by atoms with Gasteiger partial charge in [-0.15, -0.1) is 0 Å². The number of hydrogen-bond acceptors (Lipinski definition) is 4. The fraction of sp³-hybridized carbons (Fsp3) is 0.333. The van der Waals surface area contributed by atoms with Crippen LogP contribution in [0.4, 0.5) is 0 Å². The van der Waals surface area contributed by atoms with Gasteiger partial charge in [-0.1, -0.05) is 49.7 Å². The Kier molecular flexibility index (Phi) is 8.08. The van der Waals surface area contributed by atoms with Gasteiger partial charge < -0.3 is 19.5 Å². The fourth-order valence-electron chi connectivity index (χ4n) is 4.61. The average Bonchev–Trinajstić information content (AvgIpc) is 3.19. The Morgan fingerprint density at radius 2 is 1.78 bits per heavy atom. The number of rotatable bonds is 10. The van der Waals surface area contributed by atoms with Crippen LogP contribution in [0.25, 0.3) is 0 Å². The molecule has 0 aliphatic carbocycles. The van der Waals surface area contributed by atoms with Crippen molar-refractivity contribution in [2.45, 2.75) is 45.1 Å². The fourth-order valence-corrected chi connectivity index (χ4v) is 4.73. The average molecular weight is 522 g/mol. The molecule has 6 nitrogen and oxygen atoms in total. The molecule has 1 amide bonds. The van der Waals surface area contributed by atoms with Crippen molar-refractivity contribution in [2.75, 3.05) is 19.7 Å². The summed E-state index contributed by atoms with van der Waals surface area (Å²) in [5.74, 6) is 0.420. The van der Waals surface area contributed by atoms with Gasteiger partial charge in [-0.05, 0) is 72.0 Å². The quantitative estimate of drug-likeness (QED) is 0.354. The molecule has 1 heterocycles. The molecule has 1 aliphatic heterocycles. The Morgan fingerprint density at radius 1 is 1.08 bits per heavy atom. The van der Waals surface area contributed by atoms with E-state index in [2.05, 4.69) is 13.8 Å². The minimum absolute atomic E-state index is 0.152. The third-order valence-corrected chi connectivity index (χ3v) is 6.76. The predicted molar refractivity (Wildman–Crippen MR) is 144 cm³/mol. The summed E-state index contributed by atoms with van der Waals surface area (Å²) in [4.78, 5) is 26.1. The maximum Gasteiger partial charge on any atom is 0.323 e. The van der Waals surface area contributed by atoms with Crippen molar-refractivity contribution in [3.05, 3.63) is 94.0 Å². The van der Waals surface area contributed by atoms with Crippen LogP contribution >= 0.6 is 11.6 Å². The number of nitrogens with zero attached hydrogens (tertiary/aromatic N) is 1. The first-order valence-electron chi connectivity index (χ1n) is 12.4. The second kappa shape index (κ2) is 11.3. The van der Waals surface area contributed by atoms with Crippen molar-refractivity contribution in [2.24, 2.45) is 0 Å². The molecule has 0 aromatic heterocycles. The number of aliphatic carboxylic acids is 1. The van der Waals surface area contributed by atoms with Crippen molar-refractivity contribution in [3.63, 3.8) is 0 Å². The zero-order valence-corrected chi connectivity index (χ0v) is 22.1. The van der Waals surface area contributed by atoms with Crippen molar-refractivity contribution in [1.82, 2.24) is 4.90 Å². The summed E-state index contributed by atoms with van der Waals surface area (Å²) >= 11 is 6.01. The highest BCUT2D eigenvalue weighted by molar-refractivity contribution is 6.30. The normalized spacial score (nSPS) is 16.2. The molecule has 0 saturated carbocycles. The van der Waals surface area contributed by atoms with E-state index in [1.165, 1.54) is 10.5 Å². The number of halogens is 1. The monoisotopic (exact) mass is 521 g/mol. The molecule has 4 rings (SSSR count). The lowest BCUT2D eigenvalue weighted by Gasteiger charge is -2.24. The number of carboxylic acid groups (broad SMARTS) is 1. The number of benzene rings is 3. The van der Waals surface area contributed by atoms with E-state index in [1.807, 2.05) is 61.5 Å². The van der Waals surface area contributed by atoms with E-state index in [0.29, 0.717) is 35.1 Å². The van der Waals surface area contributed by atoms with Crippen LogP contribution < -0.4 is 9.47 Å². The molecule has 0 saturated heterocycles. The van der Waals surface area contributed by atoms with Gasteiger partial charge in [-0.3, -0.25) is 9.59 Å². The summed E-state index contributed by atoms with van der Waals surface area (Å²) < 4.78 is 12.0. The first-order chi connectivity index (χ1) is 17.6. The van der Waals surface area contributed by atoms with Gasteiger partial charge in [0.2, 0.25) is 0 Å². The molecule has 1 unspecified atom stereocenters.